The van der Waals surface area contributed by atoms with Crippen LogP contribution < -0.4 is 5.32 Å². The summed E-state index contributed by atoms with van der Waals surface area (Å²) in [6.45, 7) is 0.819. The molecule has 20 heavy (non-hydrogen) atoms. The quantitative estimate of drug-likeness (QED) is 0.762. The van der Waals surface area contributed by atoms with E-state index in [4.69, 9.17) is 4.42 Å². The van der Waals surface area contributed by atoms with Crippen LogP contribution in [0.4, 0.5) is 5.69 Å². The van der Waals surface area contributed by atoms with Gasteiger partial charge in [-0.05, 0) is 36.6 Å². The smallest absolute Gasteiger partial charge is 0.198 e. The molecule has 1 aliphatic rings. The maximum atomic E-state index is 5.77. The molecule has 3 aromatic rings. The summed E-state index contributed by atoms with van der Waals surface area (Å²) in [6, 6.07) is 16.5. The first-order valence-corrected chi connectivity index (χ1v) is 7.07. The summed E-state index contributed by atoms with van der Waals surface area (Å²) in [7, 11) is 0. The summed E-state index contributed by atoms with van der Waals surface area (Å²) < 4.78 is 5.77. The van der Waals surface area contributed by atoms with Crippen molar-refractivity contribution >= 4 is 16.8 Å². The van der Waals surface area contributed by atoms with E-state index in [0.717, 1.165) is 29.2 Å². The van der Waals surface area contributed by atoms with Crippen molar-refractivity contribution in [2.24, 2.45) is 0 Å². The van der Waals surface area contributed by atoms with Gasteiger partial charge in [-0.15, -0.1) is 0 Å². The Morgan fingerprint density at radius 1 is 1.10 bits per heavy atom. The number of oxazole rings is 1. The second-order valence-corrected chi connectivity index (χ2v) is 5.35. The lowest BCUT2D eigenvalue weighted by Crippen LogP contribution is -1.98. The van der Waals surface area contributed by atoms with Gasteiger partial charge in [0.1, 0.15) is 5.52 Å². The van der Waals surface area contributed by atoms with Crippen LogP contribution in [0.25, 0.3) is 11.1 Å². The van der Waals surface area contributed by atoms with Crippen LogP contribution in [0.2, 0.25) is 0 Å². The van der Waals surface area contributed by atoms with E-state index in [9.17, 15) is 0 Å². The van der Waals surface area contributed by atoms with Crippen molar-refractivity contribution in [3.05, 3.63) is 60.0 Å². The maximum Gasteiger partial charge on any atom is 0.198 e. The van der Waals surface area contributed by atoms with E-state index in [1.165, 1.54) is 18.4 Å². The first-order valence-electron chi connectivity index (χ1n) is 7.07. The molecule has 0 atom stereocenters. The van der Waals surface area contributed by atoms with Crippen molar-refractivity contribution < 1.29 is 4.42 Å². The Morgan fingerprint density at radius 3 is 2.75 bits per heavy atom. The number of rotatable bonds is 4. The fourth-order valence-electron chi connectivity index (χ4n) is 2.36. The normalized spacial score (nSPS) is 14.6. The second kappa shape index (κ2) is 4.67. The Hall–Kier alpha value is -2.29. The monoisotopic (exact) mass is 264 g/mol. The molecule has 0 aliphatic heterocycles. The maximum absolute atomic E-state index is 5.77. The molecule has 3 nitrogen and oxygen atoms in total. The summed E-state index contributed by atoms with van der Waals surface area (Å²) in [5.74, 6) is 1.46. The minimum Gasteiger partial charge on any atom is -0.440 e. The molecule has 1 heterocycles. The van der Waals surface area contributed by atoms with Gasteiger partial charge in [0, 0.05) is 18.2 Å². The number of aromatic nitrogens is 1. The van der Waals surface area contributed by atoms with E-state index >= 15 is 0 Å². The fraction of sp³-hybridized carbons (Fsp3) is 0.235. The number of hydrogen-bond donors (Lipinski definition) is 1. The standard InChI is InChI=1S/C17H16N2O/c1-2-4-12(5-3-1)11-18-14-8-9-16-15(10-14)19-17(20-16)13-6-7-13/h1-5,8-10,13,18H,6-7,11H2. The molecule has 1 saturated carbocycles. The summed E-state index contributed by atoms with van der Waals surface area (Å²) in [6.07, 6.45) is 2.43. The van der Waals surface area contributed by atoms with Crippen molar-refractivity contribution in [1.29, 1.82) is 0 Å². The van der Waals surface area contributed by atoms with Crippen LogP contribution in [0, 0.1) is 0 Å². The van der Waals surface area contributed by atoms with Crippen LogP contribution in [0.5, 0.6) is 0 Å². The Morgan fingerprint density at radius 2 is 1.95 bits per heavy atom. The average molecular weight is 264 g/mol. The van der Waals surface area contributed by atoms with E-state index in [2.05, 4.69) is 40.6 Å². The zero-order valence-corrected chi connectivity index (χ0v) is 11.2. The van der Waals surface area contributed by atoms with Crippen LogP contribution in [-0.4, -0.2) is 4.98 Å². The Balaban J connectivity index is 1.54. The van der Waals surface area contributed by atoms with E-state index in [0.29, 0.717) is 5.92 Å². The molecule has 4 rings (SSSR count). The van der Waals surface area contributed by atoms with Crippen LogP contribution >= 0.6 is 0 Å². The highest BCUT2D eigenvalue weighted by Gasteiger charge is 2.28. The highest BCUT2D eigenvalue weighted by Crippen LogP contribution is 2.40. The summed E-state index contributed by atoms with van der Waals surface area (Å²) in [4.78, 5) is 4.58. The predicted molar refractivity (Wildman–Crippen MR) is 79.8 cm³/mol. The molecular weight excluding hydrogens is 248 g/mol. The third kappa shape index (κ3) is 2.27. The largest absolute Gasteiger partial charge is 0.440 e. The predicted octanol–water partition coefficient (Wildman–Crippen LogP) is 4.32. The molecule has 1 aliphatic carbocycles. The summed E-state index contributed by atoms with van der Waals surface area (Å²) >= 11 is 0. The molecule has 0 bridgehead atoms. The number of fused-ring (bicyclic) bond motifs is 1. The van der Waals surface area contributed by atoms with E-state index in [1.807, 2.05) is 18.2 Å². The molecule has 0 amide bonds. The number of nitrogens with zero attached hydrogens (tertiary/aromatic N) is 1. The topological polar surface area (TPSA) is 38.1 Å². The zero-order valence-electron chi connectivity index (χ0n) is 11.2. The molecule has 100 valence electrons. The van der Waals surface area contributed by atoms with Gasteiger partial charge in [0.05, 0.1) is 0 Å². The van der Waals surface area contributed by atoms with Gasteiger partial charge >= 0.3 is 0 Å². The van der Waals surface area contributed by atoms with Gasteiger partial charge < -0.3 is 9.73 Å². The van der Waals surface area contributed by atoms with Gasteiger partial charge in [-0.2, -0.15) is 0 Å². The number of nitrogens with one attached hydrogen (secondary N) is 1. The number of benzene rings is 2. The van der Waals surface area contributed by atoms with E-state index in [-0.39, 0.29) is 0 Å². The van der Waals surface area contributed by atoms with Crippen molar-refractivity contribution in [1.82, 2.24) is 4.98 Å². The van der Waals surface area contributed by atoms with Crippen LogP contribution in [0.3, 0.4) is 0 Å². The van der Waals surface area contributed by atoms with Crippen molar-refractivity contribution in [2.45, 2.75) is 25.3 Å². The summed E-state index contributed by atoms with van der Waals surface area (Å²) in [5, 5.41) is 3.43. The second-order valence-electron chi connectivity index (χ2n) is 5.35. The van der Waals surface area contributed by atoms with Crippen molar-refractivity contribution in [2.75, 3.05) is 5.32 Å². The molecule has 0 saturated heterocycles. The highest BCUT2D eigenvalue weighted by molar-refractivity contribution is 5.77. The van der Waals surface area contributed by atoms with E-state index < -0.39 is 0 Å². The van der Waals surface area contributed by atoms with Gasteiger partial charge in [-0.25, -0.2) is 4.98 Å². The minimum atomic E-state index is 0.558. The number of hydrogen-bond acceptors (Lipinski definition) is 3. The molecular formula is C17H16N2O. The minimum absolute atomic E-state index is 0.558. The third-order valence-corrected chi connectivity index (χ3v) is 3.67. The van der Waals surface area contributed by atoms with Crippen LogP contribution in [-0.2, 0) is 6.54 Å². The average Bonchev–Trinajstić information content (AvgIpc) is 3.26. The highest BCUT2D eigenvalue weighted by atomic mass is 16.3. The lowest BCUT2D eigenvalue weighted by Gasteiger charge is -2.05. The van der Waals surface area contributed by atoms with Gasteiger partial charge in [0.15, 0.2) is 11.5 Å². The lowest BCUT2D eigenvalue weighted by atomic mass is 10.2. The van der Waals surface area contributed by atoms with Crippen molar-refractivity contribution in [3.8, 4) is 0 Å². The van der Waals surface area contributed by atoms with Crippen LogP contribution in [0.1, 0.15) is 30.2 Å². The van der Waals surface area contributed by atoms with Gasteiger partial charge in [-0.3, -0.25) is 0 Å². The van der Waals surface area contributed by atoms with Gasteiger partial charge in [0.25, 0.3) is 0 Å². The first-order chi connectivity index (χ1) is 9.88. The Bertz CT molecular complexity index is 729. The zero-order chi connectivity index (χ0) is 13.4. The molecule has 0 unspecified atom stereocenters. The Kier molecular flexibility index (Phi) is 2.69. The number of anilines is 1. The first kappa shape index (κ1) is 11.5. The molecule has 2 aromatic carbocycles. The van der Waals surface area contributed by atoms with E-state index in [1.54, 1.807) is 0 Å². The van der Waals surface area contributed by atoms with Crippen molar-refractivity contribution in [3.63, 3.8) is 0 Å². The van der Waals surface area contributed by atoms with Gasteiger partial charge in [-0.1, -0.05) is 30.3 Å². The van der Waals surface area contributed by atoms with Crippen LogP contribution in [0.15, 0.2) is 52.9 Å². The third-order valence-electron chi connectivity index (χ3n) is 3.67. The molecule has 0 spiro atoms. The van der Waals surface area contributed by atoms with Gasteiger partial charge in [0.2, 0.25) is 0 Å². The fourth-order valence-corrected chi connectivity index (χ4v) is 2.36. The molecule has 1 N–H and O–H groups in total. The molecule has 1 aromatic heterocycles. The summed E-state index contributed by atoms with van der Waals surface area (Å²) in [5.41, 5.74) is 4.19. The Labute approximate surface area is 117 Å². The molecule has 0 radical (unpaired) electrons. The molecule has 1 fully saturated rings. The molecule has 3 heteroatoms. The lowest BCUT2D eigenvalue weighted by molar-refractivity contribution is 0.533. The SMILES string of the molecule is c1ccc(CNc2ccc3oc(C4CC4)nc3c2)cc1.